The maximum atomic E-state index is 12.5. The largest absolute Gasteiger partial charge is 0.452 e. The van der Waals surface area contributed by atoms with E-state index in [1.54, 1.807) is 28.0 Å². The zero-order chi connectivity index (χ0) is 19.7. The van der Waals surface area contributed by atoms with Gasteiger partial charge in [-0.25, -0.2) is 9.78 Å². The van der Waals surface area contributed by atoms with Crippen molar-refractivity contribution in [3.05, 3.63) is 62.3 Å². The summed E-state index contributed by atoms with van der Waals surface area (Å²) < 4.78 is 6.80. The van der Waals surface area contributed by atoms with Crippen LogP contribution in [0.15, 0.2) is 40.5 Å². The third-order valence-electron chi connectivity index (χ3n) is 4.73. The van der Waals surface area contributed by atoms with Gasteiger partial charge in [-0.2, -0.15) is 0 Å². The molecule has 3 aromatic rings. The second-order valence-electron chi connectivity index (χ2n) is 6.70. The molecule has 0 saturated carbocycles. The predicted molar refractivity (Wildman–Crippen MR) is 105 cm³/mol. The third kappa shape index (κ3) is 3.55. The van der Waals surface area contributed by atoms with E-state index in [0.29, 0.717) is 17.4 Å². The van der Waals surface area contributed by atoms with Crippen LogP contribution in [-0.4, -0.2) is 28.0 Å². The number of ether oxygens (including phenoxy) is 1. The second-order valence-corrected chi connectivity index (χ2v) is 7.68. The van der Waals surface area contributed by atoms with Crippen molar-refractivity contribution in [3.8, 4) is 0 Å². The molecule has 0 spiro atoms. The Labute approximate surface area is 165 Å². The van der Waals surface area contributed by atoms with Gasteiger partial charge in [0.15, 0.2) is 6.61 Å². The molecule has 28 heavy (non-hydrogen) atoms. The highest BCUT2D eigenvalue weighted by Gasteiger charge is 2.18. The molecular formula is C20H19N3O4S. The third-order valence-corrected chi connectivity index (χ3v) is 5.79. The summed E-state index contributed by atoms with van der Waals surface area (Å²) in [5.41, 5.74) is 0.657. The first-order valence-electron chi connectivity index (χ1n) is 9.06. The van der Waals surface area contributed by atoms with Crippen LogP contribution in [0.2, 0.25) is 0 Å². The van der Waals surface area contributed by atoms with Gasteiger partial charge in [-0.15, -0.1) is 11.3 Å². The Morgan fingerprint density at radius 3 is 3.00 bits per heavy atom. The van der Waals surface area contributed by atoms with Crippen LogP contribution in [0.5, 0.6) is 0 Å². The number of aromatic nitrogens is 2. The molecular weight excluding hydrogens is 378 g/mol. The monoisotopic (exact) mass is 397 g/mol. The zero-order valence-corrected chi connectivity index (χ0v) is 16.1. The fraction of sp³-hybridized carbons (Fsp3) is 0.300. The van der Waals surface area contributed by atoms with E-state index < -0.39 is 5.97 Å². The van der Waals surface area contributed by atoms with Crippen molar-refractivity contribution in [2.45, 2.75) is 32.4 Å². The maximum Gasteiger partial charge on any atom is 0.338 e. The summed E-state index contributed by atoms with van der Waals surface area (Å²) in [6.45, 7) is 2.18. The number of fused-ring (bicyclic) bond motifs is 2. The van der Waals surface area contributed by atoms with E-state index in [9.17, 15) is 14.4 Å². The first kappa shape index (κ1) is 18.4. The van der Waals surface area contributed by atoms with E-state index in [2.05, 4.69) is 10.3 Å². The molecule has 0 fully saturated rings. The Kier molecular flexibility index (Phi) is 4.95. The van der Waals surface area contributed by atoms with Gasteiger partial charge in [-0.1, -0.05) is 6.07 Å². The summed E-state index contributed by atoms with van der Waals surface area (Å²) in [6, 6.07) is 8.37. The number of benzene rings is 1. The number of aryl methyl sites for hydroxylation is 1. The smallest absolute Gasteiger partial charge is 0.338 e. The number of nitrogens with zero attached hydrogens (tertiary/aromatic N) is 2. The fourth-order valence-electron chi connectivity index (χ4n) is 3.32. The van der Waals surface area contributed by atoms with Crippen molar-refractivity contribution in [1.82, 2.24) is 14.9 Å². The SMILES string of the molecule is C[C@H](NC(=O)COC(=O)c1ccc2c(=O)n3c(nc2c1)CCC3)c1cccs1. The van der Waals surface area contributed by atoms with Crippen molar-refractivity contribution in [3.63, 3.8) is 0 Å². The van der Waals surface area contributed by atoms with Gasteiger partial charge >= 0.3 is 5.97 Å². The minimum absolute atomic E-state index is 0.0839. The second kappa shape index (κ2) is 7.55. The highest BCUT2D eigenvalue weighted by atomic mass is 32.1. The number of carbonyl (C=O) groups is 2. The van der Waals surface area contributed by atoms with Crippen molar-refractivity contribution < 1.29 is 14.3 Å². The summed E-state index contributed by atoms with van der Waals surface area (Å²) in [5, 5.41) is 5.21. The van der Waals surface area contributed by atoms with E-state index in [0.717, 1.165) is 23.5 Å². The Morgan fingerprint density at radius 1 is 1.36 bits per heavy atom. The van der Waals surface area contributed by atoms with Crippen LogP contribution in [0.3, 0.4) is 0 Å². The number of nitrogens with one attached hydrogen (secondary N) is 1. The van der Waals surface area contributed by atoms with Crippen LogP contribution < -0.4 is 10.9 Å². The van der Waals surface area contributed by atoms with Crippen LogP contribution in [0, 0.1) is 0 Å². The van der Waals surface area contributed by atoms with Gasteiger partial charge in [0.25, 0.3) is 11.5 Å². The quantitative estimate of drug-likeness (QED) is 0.668. The van der Waals surface area contributed by atoms with Crippen LogP contribution in [0.25, 0.3) is 10.9 Å². The molecule has 2 aromatic heterocycles. The van der Waals surface area contributed by atoms with E-state index in [1.165, 1.54) is 6.07 Å². The van der Waals surface area contributed by atoms with Crippen molar-refractivity contribution in [1.29, 1.82) is 0 Å². The summed E-state index contributed by atoms with van der Waals surface area (Å²) in [4.78, 5) is 42.3. The highest BCUT2D eigenvalue weighted by molar-refractivity contribution is 7.10. The summed E-state index contributed by atoms with van der Waals surface area (Å²) in [5.74, 6) is -0.252. The molecule has 0 radical (unpaired) electrons. The van der Waals surface area contributed by atoms with Crippen molar-refractivity contribution >= 4 is 34.1 Å². The lowest BCUT2D eigenvalue weighted by Gasteiger charge is -2.12. The van der Waals surface area contributed by atoms with Crippen molar-refractivity contribution in [2.75, 3.05) is 6.61 Å². The Hall–Kier alpha value is -3.00. The number of carbonyl (C=O) groups excluding carboxylic acids is 2. The van der Waals surface area contributed by atoms with Gasteiger partial charge in [0.2, 0.25) is 0 Å². The lowest BCUT2D eigenvalue weighted by molar-refractivity contribution is -0.124. The molecule has 1 atom stereocenters. The Morgan fingerprint density at radius 2 is 2.21 bits per heavy atom. The first-order valence-corrected chi connectivity index (χ1v) is 9.94. The molecule has 1 aliphatic rings. The van der Waals surface area contributed by atoms with Crippen LogP contribution in [0.4, 0.5) is 0 Å². The number of esters is 1. The van der Waals surface area contributed by atoms with Gasteiger partial charge in [0.1, 0.15) is 5.82 Å². The molecule has 3 heterocycles. The first-order chi connectivity index (χ1) is 13.5. The molecule has 4 rings (SSSR count). The average molecular weight is 397 g/mol. The molecule has 0 bridgehead atoms. The molecule has 0 saturated heterocycles. The lowest BCUT2D eigenvalue weighted by Crippen LogP contribution is -2.30. The number of hydrogen-bond acceptors (Lipinski definition) is 6. The molecule has 7 nitrogen and oxygen atoms in total. The highest BCUT2D eigenvalue weighted by Crippen LogP contribution is 2.18. The normalized spacial score (nSPS) is 13.9. The van der Waals surface area contributed by atoms with Crippen LogP contribution in [0.1, 0.15) is 40.4 Å². The number of rotatable bonds is 5. The summed E-state index contributed by atoms with van der Waals surface area (Å²) in [7, 11) is 0. The van der Waals surface area contributed by atoms with E-state index in [4.69, 9.17) is 4.74 Å². The minimum Gasteiger partial charge on any atom is -0.452 e. The van der Waals surface area contributed by atoms with E-state index >= 15 is 0 Å². The minimum atomic E-state index is -0.622. The van der Waals surface area contributed by atoms with Gasteiger partial charge in [-0.05, 0) is 43.0 Å². The van der Waals surface area contributed by atoms with Crippen LogP contribution >= 0.6 is 11.3 Å². The topological polar surface area (TPSA) is 90.3 Å². The Balaban J connectivity index is 1.43. The predicted octanol–water partition coefficient (Wildman–Crippen LogP) is 2.44. The van der Waals surface area contributed by atoms with Gasteiger partial charge in [0, 0.05) is 17.8 Å². The zero-order valence-electron chi connectivity index (χ0n) is 15.3. The van der Waals surface area contributed by atoms with E-state index in [1.807, 2.05) is 24.4 Å². The molecule has 144 valence electrons. The number of thiophene rings is 1. The van der Waals surface area contributed by atoms with E-state index in [-0.39, 0.29) is 29.7 Å². The molecule has 1 aliphatic heterocycles. The molecule has 1 aromatic carbocycles. The van der Waals surface area contributed by atoms with Gasteiger partial charge < -0.3 is 10.1 Å². The number of amides is 1. The van der Waals surface area contributed by atoms with Gasteiger partial charge in [0.05, 0.1) is 22.5 Å². The lowest BCUT2D eigenvalue weighted by atomic mass is 10.1. The maximum absolute atomic E-state index is 12.5. The summed E-state index contributed by atoms with van der Waals surface area (Å²) in [6.07, 6.45) is 1.65. The molecule has 1 N–H and O–H groups in total. The summed E-state index contributed by atoms with van der Waals surface area (Å²) >= 11 is 1.55. The molecule has 8 heteroatoms. The molecule has 0 unspecified atom stereocenters. The fourth-order valence-corrected chi connectivity index (χ4v) is 4.05. The average Bonchev–Trinajstić information content (AvgIpc) is 3.37. The van der Waals surface area contributed by atoms with Gasteiger partial charge in [-0.3, -0.25) is 14.2 Å². The van der Waals surface area contributed by atoms with Crippen molar-refractivity contribution in [2.24, 2.45) is 0 Å². The van der Waals surface area contributed by atoms with Crippen LogP contribution in [-0.2, 0) is 22.5 Å². The molecule has 0 aliphatic carbocycles. The standard InChI is InChI=1S/C20H19N3O4S/c1-12(16-4-3-9-28-16)21-18(24)11-27-20(26)13-6-7-14-15(10-13)22-17-5-2-8-23(17)19(14)25/h3-4,6-7,9-10,12H,2,5,8,11H2,1H3,(H,21,24)/t12-/m0/s1. The number of hydrogen-bond donors (Lipinski definition) is 1. The molecule has 1 amide bonds. The Bertz CT molecular complexity index is 1100.